The maximum atomic E-state index is 13.1. The van der Waals surface area contributed by atoms with Crippen LogP contribution in [0.25, 0.3) is 5.69 Å². The first-order valence-electron chi connectivity index (χ1n) is 10.0. The van der Waals surface area contributed by atoms with Gasteiger partial charge in [-0.15, -0.1) is 10.2 Å². The zero-order valence-electron chi connectivity index (χ0n) is 17.8. The topological polar surface area (TPSA) is 91.0 Å². The molecule has 0 aliphatic rings. The summed E-state index contributed by atoms with van der Waals surface area (Å²) in [5, 5.41) is 10.5. The second-order valence-corrected chi connectivity index (χ2v) is 7.49. The summed E-state index contributed by atoms with van der Waals surface area (Å²) in [6, 6.07) is 7.18. The molecule has 2 heterocycles. The standard InChI is InChI=1S/C22H27N5O3/c1-5-30-19-7-6-17(27-13-23-24-14-27)12-18(19)25-21(28)20-16(4)9-11-26(22(20)29)10-8-15(2)3/h6-7,9,11-15H,5,8,10H2,1-4H3,(H,25,28). The molecular weight excluding hydrogens is 382 g/mol. The number of hydrogen-bond acceptors (Lipinski definition) is 5. The van der Waals surface area contributed by atoms with Crippen molar-refractivity contribution in [2.45, 2.75) is 40.7 Å². The van der Waals surface area contributed by atoms with Gasteiger partial charge in [0, 0.05) is 12.7 Å². The van der Waals surface area contributed by atoms with Crippen LogP contribution in [0.15, 0.2) is 47.9 Å². The molecule has 0 aliphatic heterocycles. The van der Waals surface area contributed by atoms with Gasteiger partial charge in [-0.05, 0) is 56.0 Å². The minimum atomic E-state index is -0.460. The quantitative estimate of drug-likeness (QED) is 0.615. The number of carbonyl (C=O) groups excluding carboxylic acids is 1. The minimum absolute atomic E-state index is 0.137. The Kier molecular flexibility index (Phi) is 6.66. The van der Waals surface area contributed by atoms with Crippen LogP contribution in [0.4, 0.5) is 5.69 Å². The van der Waals surface area contributed by atoms with Gasteiger partial charge in [0.25, 0.3) is 11.5 Å². The summed E-state index contributed by atoms with van der Waals surface area (Å²) in [5.41, 5.74) is 1.72. The molecule has 158 valence electrons. The zero-order chi connectivity index (χ0) is 21.7. The van der Waals surface area contributed by atoms with Crippen LogP contribution in [-0.4, -0.2) is 31.8 Å². The maximum absolute atomic E-state index is 13.1. The molecule has 0 unspecified atom stereocenters. The first-order chi connectivity index (χ1) is 14.4. The van der Waals surface area contributed by atoms with Gasteiger partial charge < -0.3 is 14.6 Å². The number of aryl methyl sites for hydroxylation is 2. The fourth-order valence-electron chi connectivity index (χ4n) is 3.09. The molecule has 0 aliphatic carbocycles. The highest BCUT2D eigenvalue weighted by molar-refractivity contribution is 6.05. The van der Waals surface area contributed by atoms with Crippen LogP contribution < -0.4 is 15.6 Å². The number of hydrogen-bond donors (Lipinski definition) is 1. The van der Waals surface area contributed by atoms with E-state index in [9.17, 15) is 9.59 Å². The van der Waals surface area contributed by atoms with E-state index in [1.165, 1.54) is 0 Å². The monoisotopic (exact) mass is 409 g/mol. The lowest BCUT2D eigenvalue weighted by atomic mass is 10.1. The number of anilines is 1. The average molecular weight is 409 g/mol. The van der Waals surface area contributed by atoms with E-state index in [1.807, 2.05) is 13.0 Å². The summed E-state index contributed by atoms with van der Waals surface area (Å²) in [4.78, 5) is 26.0. The second kappa shape index (κ2) is 9.39. The lowest BCUT2D eigenvalue weighted by molar-refractivity contribution is 0.102. The van der Waals surface area contributed by atoms with E-state index in [-0.39, 0.29) is 11.1 Å². The summed E-state index contributed by atoms with van der Waals surface area (Å²) in [6.45, 7) is 8.86. The summed E-state index contributed by atoms with van der Waals surface area (Å²) >= 11 is 0. The molecule has 1 amide bonds. The fourth-order valence-corrected chi connectivity index (χ4v) is 3.09. The number of carbonyl (C=O) groups is 1. The molecule has 0 fully saturated rings. The van der Waals surface area contributed by atoms with Crippen LogP contribution in [0.2, 0.25) is 0 Å². The summed E-state index contributed by atoms with van der Waals surface area (Å²) in [6.07, 6.45) is 5.74. The van der Waals surface area contributed by atoms with E-state index in [1.54, 1.807) is 53.1 Å². The number of aromatic nitrogens is 4. The van der Waals surface area contributed by atoms with Gasteiger partial charge in [-0.3, -0.25) is 14.2 Å². The van der Waals surface area contributed by atoms with Gasteiger partial charge in [0.15, 0.2) is 0 Å². The van der Waals surface area contributed by atoms with E-state index >= 15 is 0 Å². The van der Waals surface area contributed by atoms with Crippen LogP contribution in [0, 0.1) is 12.8 Å². The molecule has 1 aromatic carbocycles. The Labute approximate surface area is 175 Å². The van der Waals surface area contributed by atoms with Gasteiger partial charge in [0.1, 0.15) is 24.0 Å². The molecule has 1 N–H and O–H groups in total. The Hall–Kier alpha value is -3.42. The number of ether oxygens (including phenoxy) is 1. The van der Waals surface area contributed by atoms with Crippen molar-refractivity contribution < 1.29 is 9.53 Å². The SMILES string of the molecule is CCOc1ccc(-n2cnnc2)cc1NC(=O)c1c(C)ccn(CCC(C)C)c1=O. The van der Waals surface area contributed by atoms with E-state index in [0.717, 1.165) is 12.1 Å². The number of pyridine rings is 1. The van der Waals surface area contributed by atoms with Crippen LogP contribution in [0.3, 0.4) is 0 Å². The van der Waals surface area contributed by atoms with E-state index in [2.05, 4.69) is 29.4 Å². The summed E-state index contributed by atoms with van der Waals surface area (Å²) < 4.78 is 8.97. The lowest BCUT2D eigenvalue weighted by Crippen LogP contribution is -2.30. The minimum Gasteiger partial charge on any atom is -0.492 e. The summed E-state index contributed by atoms with van der Waals surface area (Å²) in [7, 11) is 0. The van der Waals surface area contributed by atoms with Crippen LogP contribution in [-0.2, 0) is 6.54 Å². The molecule has 3 aromatic rings. The number of rotatable bonds is 8. The molecule has 0 radical (unpaired) electrons. The molecule has 0 saturated carbocycles. The third kappa shape index (κ3) is 4.76. The molecule has 8 nitrogen and oxygen atoms in total. The molecule has 0 spiro atoms. The molecule has 0 bridgehead atoms. The normalized spacial score (nSPS) is 11.0. The van der Waals surface area contributed by atoms with Crippen LogP contribution in [0.1, 0.15) is 43.1 Å². The van der Waals surface area contributed by atoms with Crippen LogP contribution in [0.5, 0.6) is 5.75 Å². The van der Waals surface area contributed by atoms with E-state index < -0.39 is 5.91 Å². The Morgan fingerprint density at radius 3 is 2.60 bits per heavy atom. The Bertz CT molecular complexity index is 1070. The molecule has 0 atom stereocenters. The predicted molar refractivity (Wildman–Crippen MR) is 115 cm³/mol. The molecule has 2 aromatic heterocycles. The smallest absolute Gasteiger partial charge is 0.263 e. The number of amides is 1. The Morgan fingerprint density at radius 2 is 1.93 bits per heavy atom. The summed E-state index contributed by atoms with van der Waals surface area (Å²) in [5.74, 6) is 0.527. The molecule has 30 heavy (non-hydrogen) atoms. The van der Waals surface area contributed by atoms with Crippen molar-refractivity contribution in [1.29, 1.82) is 0 Å². The van der Waals surface area contributed by atoms with Gasteiger partial charge >= 0.3 is 0 Å². The first-order valence-corrected chi connectivity index (χ1v) is 10.0. The van der Waals surface area contributed by atoms with Crippen LogP contribution >= 0.6 is 0 Å². The predicted octanol–water partition coefficient (Wildman–Crippen LogP) is 3.43. The van der Waals surface area contributed by atoms with Crippen molar-refractivity contribution in [3.63, 3.8) is 0 Å². The Morgan fingerprint density at radius 1 is 1.20 bits per heavy atom. The average Bonchev–Trinajstić information content (AvgIpc) is 3.23. The highest BCUT2D eigenvalue weighted by atomic mass is 16.5. The molecule has 3 rings (SSSR count). The number of nitrogens with zero attached hydrogens (tertiary/aromatic N) is 4. The first kappa shape index (κ1) is 21.3. The number of nitrogens with one attached hydrogen (secondary N) is 1. The van der Waals surface area contributed by atoms with Gasteiger partial charge in [0.05, 0.1) is 18.0 Å². The highest BCUT2D eigenvalue weighted by Crippen LogP contribution is 2.28. The highest BCUT2D eigenvalue weighted by Gasteiger charge is 2.18. The van der Waals surface area contributed by atoms with Gasteiger partial charge in [0.2, 0.25) is 0 Å². The van der Waals surface area contributed by atoms with Crippen molar-refractivity contribution in [2.24, 2.45) is 5.92 Å². The van der Waals surface area contributed by atoms with Crippen molar-refractivity contribution >= 4 is 11.6 Å². The van der Waals surface area contributed by atoms with Crippen molar-refractivity contribution in [1.82, 2.24) is 19.3 Å². The second-order valence-electron chi connectivity index (χ2n) is 7.49. The maximum Gasteiger partial charge on any atom is 0.263 e. The lowest BCUT2D eigenvalue weighted by Gasteiger charge is -2.15. The van der Waals surface area contributed by atoms with E-state index in [4.69, 9.17) is 4.74 Å². The van der Waals surface area contributed by atoms with Crippen molar-refractivity contribution in [3.8, 4) is 11.4 Å². The third-order valence-electron chi connectivity index (χ3n) is 4.78. The molecule has 0 saturated heterocycles. The zero-order valence-corrected chi connectivity index (χ0v) is 17.8. The van der Waals surface area contributed by atoms with Crippen molar-refractivity contribution in [2.75, 3.05) is 11.9 Å². The molecular formula is C22H27N5O3. The van der Waals surface area contributed by atoms with Gasteiger partial charge in [-0.25, -0.2) is 0 Å². The molecule has 8 heteroatoms. The largest absolute Gasteiger partial charge is 0.492 e. The Balaban J connectivity index is 1.94. The van der Waals surface area contributed by atoms with E-state index in [0.29, 0.717) is 36.1 Å². The van der Waals surface area contributed by atoms with Gasteiger partial charge in [-0.2, -0.15) is 0 Å². The third-order valence-corrected chi connectivity index (χ3v) is 4.78. The number of benzene rings is 1. The van der Waals surface area contributed by atoms with Crippen molar-refractivity contribution in [3.05, 3.63) is 64.6 Å². The fraction of sp³-hybridized carbons (Fsp3) is 0.364. The van der Waals surface area contributed by atoms with Gasteiger partial charge in [-0.1, -0.05) is 13.8 Å².